The lowest BCUT2D eigenvalue weighted by atomic mass is 10.1. The highest BCUT2D eigenvalue weighted by Crippen LogP contribution is 2.34. The van der Waals surface area contributed by atoms with E-state index in [2.05, 4.69) is 10.5 Å². The van der Waals surface area contributed by atoms with Crippen molar-refractivity contribution in [1.29, 1.82) is 0 Å². The minimum absolute atomic E-state index is 0.0904. The van der Waals surface area contributed by atoms with Crippen LogP contribution in [0.25, 0.3) is 0 Å². The average Bonchev–Trinajstić information content (AvgIpc) is 2.90. The van der Waals surface area contributed by atoms with E-state index in [9.17, 15) is 14.9 Å². The third-order valence-electron chi connectivity index (χ3n) is 2.64. The van der Waals surface area contributed by atoms with E-state index in [-0.39, 0.29) is 15.6 Å². The molecule has 1 heterocycles. The van der Waals surface area contributed by atoms with E-state index in [0.717, 1.165) is 23.0 Å². The molecule has 0 unspecified atom stereocenters. The molecule has 0 amide bonds. The third-order valence-corrected chi connectivity index (χ3v) is 3.65. The molecule has 0 aliphatic carbocycles. The summed E-state index contributed by atoms with van der Waals surface area (Å²) in [7, 11) is 0. The molecule has 0 fully saturated rings. The zero-order valence-corrected chi connectivity index (χ0v) is 11.8. The summed E-state index contributed by atoms with van der Waals surface area (Å²) < 4.78 is 0. The number of thiophene rings is 1. The van der Waals surface area contributed by atoms with Crippen LogP contribution in [-0.4, -0.2) is 21.7 Å². The molecule has 1 aromatic heterocycles. The number of hydrogen-bond donors (Lipinski definition) is 2. The first-order valence-corrected chi connectivity index (χ1v) is 6.68. The first-order chi connectivity index (χ1) is 9.99. The summed E-state index contributed by atoms with van der Waals surface area (Å²) in [6.07, 6.45) is 0. The second-order valence-electron chi connectivity index (χ2n) is 4.06. The fourth-order valence-corrected chi connectivity index (χ4v) is 2.39. The van der Waals surface area contributed by atoms with Gasteiger partial charge in [-0.1, -0.05) is 30.3 Å². The molecular weight excluding hydrogens is 294 g/mol. The van der Waals surface area contributed by atoms with Gasteiger partial charge in [-0.15, -0.1) is 11.3 Å². The van der Waals surface area contributed by atoms with Crippen LogP contribution < -0.4 is 5.43 Å². The van der Waals surface area contributed by atoms with Gasteiger partial charge in [0.15, 0.2) is 5.00 Å². The van der Waals surface area contributed by atoms with Gasteiger partial charge in [-0.25, -0.2) is 4.79 Å². The molecule has 0 aliphatic heterocycles. The summed E-state index contributed by atoms with van der Waals surface area (Å²) in [6.45, 7) is 1.75. The van der Waals surface area contributed by atoms with E-state index in [0.29, 0.717) is 5.71 Å². The number of nitrogens with zero attached hydrogens (tertiary/aromatic N) is 2. The Balaban J connectivity index is 2.27. The van der Waals surface area contributed by atoms with Crippen LogP contribution in [0.15, 0.2) is 41.5 Å². The Morgan fingerprint density at radius 1 is 1.38 bits per heavy atom. The summed E-state index contributed by atoms with van der Waals surface area (Å²) in [6, 6.07) is 10.3. The van der Waals surface area contributed by atoms with E-state index in [1.807, 2.05) is 30.3 Å². The largest absolute Gasteiger partial charge is 0.477 e. The molecule has 8 heteroatoms. The molecule has 0 spiro atoms. The standard InChI is InChI=1S/C13H11N3O4S/c1-8(9-5-3-2-4-6-9)14-15-12-10(16(19)20)7-11(21-12)13(17)18/h2-7,15H,1H3,(H,17,18). The van der Waals surface area contributed by atoms with Gasteiger partial charge in [-0.05, 0) is 12.5 Å². The fraction of sp³-hybridized carbons (Fsp3) is 0.0769. The van der Waals surface area contributed by atoms with Crippen molar-refractivity contribution in [2.45, 2.75) is 6.92 Å². The number of carboxylic acid groups (broad SMARTS) is 1. The molecule has 2 aromatic rings. The Kier molecular flexibility index (Phi) is 4.29. The van der Waals surface area contributed by atoms with Gasteiger partial charge in [0.05, 0.1) is 10.6 Å². The summed E-state index contributed by atoms with van der Waals surface area (Å²) >= 11 is 0.774. The topological polar surface area (TPSA) is 105 Å². The maximum atomic E-state index is 10.9. The van der Waals surface area contributed by atoms with Crippen LogP contribution in [0, 0.1) is 10.1 Å². The summed E-state index contributed by atoms with van der Waals surface area (Å²) in [4.78, 5) is 21.0. The highest BCUT2D eigenvalue weighted by molar-refractivity contribution is 7.18. The van der Waals surface area contributed by atoms with E-state index < -0.39 is 10.9 Å². The fourth-order valence-electron chi connectivity index (χ4n) is 1.58. The first kappa shape index (κ1) is 14.7. The lowest BCUT2D eigenvalue weighted by Gasteiger charge is -2.01. The predicted molar refractivity (Wildman–Crippen MR) is 80.2 cm³/mol. The van der Waals surface area contributed by atoms with Crippen LogP contribution in [-0.2, 0) is 0 Å². The number of hydrazone groups is 1. The lowest BCUT2D eigenvalue weighted by molar-refractivity contribution is -0.383. The van der Waals surface area contributed by atoms with E-state index in [4.69, 9.17) is 5.11 Å². The number of carbonyl (C=O) groups is 1. The van der Waals surface area contributed by atoms with Gasteiger partial charge >= 0.3 is 11.7 Å². The summed E-state index contributed by atoms with van der Waals surface area (Å²) in [5.41, 5.74) is 3.76. The van der Waals surface area contributed by atoms with Crippen molar-refractivity contribution in [3.05, 3.63) is 57.0 Å². The van der Waals surface area contributed by atoms with Gasteiger partial charge in [0.1, 0.15) is 4.88 Å². The van der Waals surface area contributed by atoms with Gasteiger partial charge < -0.3 is 5.11 Å². The molecule has 21 heavy (non-hydrogen) atoms. The number of benzene rings is 1. The quantitative estimate of drug-likeness (QED) is 0.501. The predicted octanol–water partition coefficient (Wildman–Crippen LogP) is 3.19. The van der Waals surface area contributed by atoms with Crippen LogP contribution in [0.1, 0.15) is 22.2 Å². The van der Waals surface area contributed by atoms with Gasteiger partial charge in [0.2, 0.25) is 0 Å². The van der Waals surface area contributed by atoms with Crippen LogP contribution in [0.5, 0.6) is 0 Å². The Morgan fingerprint density at radius 2 is 2.05 bits per heavy atom. The van der Waals surface area contributed by atoms with Gasteiger partial charge in [-0.3, -0.25) is 15.5 Å². The van der Waals surface area contributed by atoms with Crippen molar-refractivity contribution in [2.24, 2.45) is 5.10 Å². The second kappa shape index (κ2) is 6.14. The maximum Gasteiger partial charge on any atom is 0.346 e. The van der Waals surface area contributed by atoms with Crippen LogP contribution >= 0.6 is 11.3 Å². The molecule has 1 aromatic carbocycles. The highest BCUT2D eigenvalue weighted by atomic mass is 32.1. The average molecular weight is 305 g/mol. The van der Waals surface area contributed by atoms with Crippen LogP contribution in [0.3, 0.4) is 0 Å². The number of nitro groups is 1. The van der Waals surface area contributed by atoms with E-state index >= 15 is 0 Å². The molecule has 2 rings (SSSR count). The van der Waals surface area contributed by atoms with Crippen molar-refractivity contribution in [3.63, 3.8) is 0 Å². The smallest absolute Gasteiger partial charge is 0.346 e. The molecule has 2 N–H and O–H groups in total. The Hall–Kier alpha value is -2.74. The molecule has 0 radical (unpaired) electrons. The number of nitrogens with one attached hydrogen (secondary N) is 1. The van der Waals surface area contributed by atoms with Crippen molar-refractivity contribution >= 4 is 33.7 Å². The zero-order chi connectivity index (χ0) is 15.4. The number of aromatic carboxylic acids is 1. The minimum atomic E-state index is -1.21. The molecule has 0 aliphatic rings. The third kappa shape index (κ3) is 3.42. The number of anilines is 1. The van der Waals surface area contributed by atoms with Gasteiger partial charge in [0.25, 0.3) is 0 Å². The first-order valence-electron chi connectivity index (χ1n) is 5.86. The van der Waals surface area contributed by atoms with Crippen molar-refractivity contribution in [1.82, 2.24) is 0 Å². The summed E-state index contributed by atoms with van der Waals surface area (Å²) in [5.74, 6) is -1.21. The number of carboxylic acids is 1. The van der Waals surface area contributed by atoms with Crippen molar-refractivity contribution in [2.75, 3.05) is 5.43 Å². The monoisotopic (exact) mass is 305 g/mol. The SMILES string of the molecule is CC(=NNc1sc(C(=O)O)cc1[N+](=O)[O-])c1ccccc1. The Labute approximate surface area is 123 Å². The highest BCUT2D eigenvalue weighted by Gasteiger charge is 2.22. The summed E-state index contributed by atoms with van der Waals surface area (Å²) in [5, 5.41) is 23.9. The number of hydrogen-bond acceptors (Lipinski definition) is 6. The van der Waals surface area contributed by atoms with E-state index in [1.165, 1.54) is 0 Å². The number of rotatable bonds is 5. The molecular formula is C13H11N3O4S. The Bertz CT molecular complexity index is 709. The van der Waals surface area contributed by atoms with E-state index in [1.54, 1.807) is 6.92 Å². The Morgan fingerprint density at radius 3 is 2.62 bits per heavy atom. The van der Waals surface area contributed by atoms with Gasteiger partial charge in [0, 0.05) is 6.07 Å². The van der Waals surface area contributed by atoms with Crippen LogP contribution in [0.2, 0.25) is 0 Å². The van der Waals surface area contributed by atoms with Crippen molar-refractivity contribution in [3.8, 4) is 0 Å². The normalized spacial score (nSPS) is 11.2. The molecule has 0 bridgehead atoms. The molecule has 0 atom stereocenters. The molecule has 7 nitrogen and oxygen atoms in total. The zero-order valence-electron chi connectivity index (χ0n) is 10.9. The molecule has 0 saturated carbocycles. The molecule has 108 valence electrons. The maximum absolute atomic E-state index is 10.9. The van der Waals surface area contributed by atoms with Gasteiger partial charge in [-0.2, -0.15) is 5.10 Å². The second-order valence-corrected chi connectivity index (χ2v) is 5.11. The van der Waals surface area contributed by atoms with Crippen molar-refractivity contribution < 1.29 is 14.8 Å². The molecule has 0 saturated heterocycles. The van der Waals surface area contributed by atoms with Crippen LogP contribution in [0.4, 0.5) is 10.7 Å². The lowest BCUT2D eigenvalue weighted by Crippen LogP contribution is -1.99. The minimum Gasteiger partial charge on any atom is -0.477 e.